The van der Waals surface area contributed by atoms with Crippen molar-refractivity contribution in [2.75, 3.05) is 46.6 Å². The van der Waals surface area contributed by atoms with E-state index in [9.17, 15) is 0 Å². The van der Waals surface area contributed by atoms with Gasteiger partial charge >= 0.3 is 0 Å². The summed E-state index contributed by atoms with van der Waals surface area (Å²) in [6.45, 7) is 7.58. The molecular weight excluding hydrogens is 483 g/mol. The normalized spacial score (nSPS) is 16.7. The maximum atomic E-state index is 5.70. The molecule has 0 amide bonds. The van der Waals surface area contributed by atoms with Gasteiger partial charge in [0.1, 0.15) is 0 Å². The Hall–Kier alpha value is -1.72. The number of rotatable bonds is 9. The van der Waals surface area contributed by atoms with Gasteiger partial charge in [-0.3, -0.25) is 0 Å². The van der Waals surface area contributed by atoms with Crippen molar-refractivity contribution in [3.63, 3.8) is 0 Å². The molecule has 9 heteroatoms. The third-order valence-corrected chi connectivity index (χ3v) is 4.67. The Bertz CT molecular complexity index is 740. The van der Waals surface area contributed by atoms with E-state index in [0.717, 1.165) is 50.0 Å². The first-order chi connectivity index (χ1) is 13.8. The van der Waals surface area contributed by atoms with Crippen LogP contribution in [0.3, 0.4) is 0 Å². The number of pyridine rings is 1. The fraction of sp³-hybridized carbons (Fsp3) is 0.550. The summed E-state index contributed by atoms with van der Waals surface area (Å²) in [5, 5.41) is 7.65. The summed E-state index contributed by atoms with van der Waals surface area (Å²) >= 11 is 0. The van der Waals surface area contributed by atoms with E-state index in [1.54, 1.807) is 24.2 Å². The van der Waals surface area contributed by atoms with Crippen LogP contribution in [0.1, 0.15) is 18.9 Å². The highest BCUT2D eigenvalue weighted by Gasteiger charge is 2.24. The molecule has 0 aromatic carbocycles. The molecule has 0 bridgehead atoms. The Morgan fingerprint density at radius 1 is 1.34 bits per heavy atom. The fourth-order valence-electron chi connectivity index (χ4n) is 3.23. The standard InChI is InChI=1S/C20H30N6O2.HI/c1-3-21-20(25-10-6-18(15-25)16-28-12-11-27-2)23-14-17-5-8-22-19(13-17)26-9-4-7-24-26;/h4-5,7-9,13,18H,3,6,10-12,14-16H2,1-2H3,(H,21,23);1H. The molecule has 1 aliphatic rings. The lowest BCUT2D eigenvalue weighted by Gasteiger charge is -2.21. The second kappa shape index (κ2) is 12.8. The molecule has 1 atom stereocenters. The number of methoxy groups -OCH3 is 1. The molecule has 0 spiro atoms. The summed E-state index contributed by atoms with van der Waals surface area (Å²) in [4.78, 5) is 11.5. The largest absolute Gasteiger partial charge is 0.382 e. The van der Waals surface area contributed by atoms with E-state index in [0.29, 0.717) is 25.7 Å². The van der Waals surface area contributed by atoms with Gasteiger partial charge in [-0.15, -0.1) is 24.0 Å². The molecule has 1 saturated heterocycles. The average molecular weight is 514 g/mol. The molecule has 1 unspecified atom stereocenters. The van der Waals surface area contributed by atoms with Gasteiger partial charge in [-0.2, -0.15) is 5.10 Å². The zero-order valence-corrected chi connectivity index (χ0v) is 19.5. The zero-order valence-electron chi connectivity index (χ0n) is 17.2. The lowest BCUT2D eigenvalue weighted by molar-refractivity contribution is 0.0536. The van der Waals surface area contributed by atoms with E-state index >= 15 is 0 Å². The van der Waals surface area contributed by atoms with Crippen molar-refractivity contribution in [2.24, 2.45) is 10.9 Å². The maximum Gasteiger partial charge on any atom is 0.194 e. The second-order valence-electron chi connectivity index (χ2n) is 6.81. The van der Waals surface area contributed by atoms with Crippen molar-refractivity contribution in [3.8, 4) is 5.82 Å². The molecule has 0 aliphatic carbocycles. The summed E-state index contributed by atoms with van der Waals surface area (Å²) in [5.74, 6) is 2.30. The molecule has 1 aliphatic heterocycles. The molecule has 2 aromatic rings. The van der Waals surface area contributed by atoms with Gasteiger partial charge in [-0.25, -0.2) is 14.7 Å². The molecule has 1 fully saturated rings. The Morgan fingerprint density at radius 3 is 3.00 bits per heavy atom. The van der Waals surface area contributed by atoms with Crippen LogP contribution in [0.15, 0.2) is 41.8 Å². The number of guanidine groups is 1. The van der Waals surface area contributed by atoms with Crippen LogP contribution >= 0.6 is 24.0 Å². The van der Waals surface area contributed by atoms with E-state index < -0.39 is 0 Å². The summed E-state index contributed by atoms with van der Waals surface area (Å²) in [5.41, 5.74) is 1.11. The highest BCUT2D eigenvalue weighted by atomic mass is 127. The molecule has 0 radical (unpaired) electrons. The molecule has 1 N–H and O–H groups in total. The van der Waals surface area contributed by atoms with Crippen LogP contribution in [-0.4, -0.2) is 72.2 Å². The third-order valence-electron chi connectivity index (χ3n) is 4.67. The maximum absolute atomic E-state index is 5.70. The topological polar surface area (TPSA) is 76.8 Å². The van der Waals surface area contributed by atoms with Crippen LogP contribution in [0, 0.1) is 5.92 Å². The first kappa shape index (κ1) is 23.6. The minimum atomic E-state index is 0. The number of nitrogens with zero attached hydrogens (tertiary/aromatic N) is 5. The van der Waals surface area contributed by atoms with Gasteiger partial charge in [0.15, 0.2) is 11.8 Å². The zero-order chi connectivity index (χ0) is 19.6. The predicted molar refractivity (Wildman–Crippen MR) is 124 cm³/mol. The lowest BCUT2D eigenvalue weighted by Crippen LogP contribution is -2.40. The Morgan fingerprint density at radius 2 is 2.24 bits per heavy atom. The van der Waals surface area contributed by atoms with Gasteiger partial charge < -0.3 is 19.7 Å². The number of halogens is 1. The highest BCUT2D eigenvalue weighted by molar-refractivity contribution is 14.0. The summed E-state index contributed by atoms with van der Waals surface area (Å²) in [7, 11) is 1.70. The van der Waals surface area contributed by atoms with E-state index in [1.807, 2.05) is 24.4 Å². The van der Waals surface area contributed by atoms with Gasteiger partial charge in [-0.1, -0.05) is 0 Å². The summed E-state index contributed by atoms with van der Waals surface area (Å²) in [6.07, 6.45) is 6.56. The van der Waals surface area contributed by atoms with Crippen LogP contribution in [0.4, 0.5) is 0 Å². The number of nitrogens with one attached hydrogen (secondary N) is 1. The second-order valence-corrected chi connectivity index (χ2v) is 6.81. The van der Waals surface area contributed by atoms with E-state index in [2.05, 4.69) is 27.2 Å². The molecule has 8 nitrogen and oxygen atoms in total. The Labute approximate surface area is 189 Å². The molecule has 3 heterocycles. The van der Waals surface area contributed by atoms with Crippen molar-refractivity contribution in [3.05, 3.63) is 42.4 Å². The smallest absolute Gasteiger partial charge is 0.194 e. The lowest BCUT2D eigenvalue weighted by atomic mass is 10.1. The number of hydrogen-bond donors (Lipinski definition) is 1. The molecule has 29 heavy (non-hydrogen) atoms. The summed E-state index contributed by atoms with van der Waals surface area (Å²) in [6, 6.07) is 5.91. The molecule has 3 rings (SSSR count). The van der Waals surface area contributed by atoms with E-state index in [-0.39, 0.29) is 24.0 Å². The summed E-state index contributed by atoms with van der Waals surface area (Å²) < 4.78 is 12.5. The van der Waals surface area contributed by atoms with Crippen LogP contribution < -0.4 is 5.32 Å². The van der Waals surface area contributed by atoms with Gasteiger partial charge in [0.05, 0.1) is 26.4 Å². The van der Waals surface area contributed by atoms with E-state index in [4.69, 9.17) is 14.5 Å². The van der Waals surface area contributed by atoms with Gasteiger partial charge in [0, 0.05) is 51.3 Å². The van der Waals surface area contributed by atoms with Gasteiger partial charge in [0.25, 0.3) is 0 Å². The van der Waals surface area contributed by atoms with Crippen molar-refractivity contribution in [2.45, 2.75) is 19.9 Å². The highest BCUT2D eigenvalue weighted by Crippen LogP contribution is 2.17. The quantitative estimate of drug-likeness (QED) is 0.240. The van der Waals surface area contributed by atoms with Crippen molar-refractivity contribution in [1.82, 2.24) is 25.0 Å². The van der Waals surface area contributed by atoms with Crippen molar-refractivity contribution < 1.29 is 9.47 Å². The fourth-order valence-corrected chi connectivity index (χ4v) is 3.23. The van der Waals surface area contributed by atoms with Gasteiger partial charge in [0.2, 0.25) is 0 Å². The number of aliphatic imine (C=N–C) groups is 1. The minimum absolute atomic E-state index is 0. The number of hydrogen-bond acceptors (Lipinski definition) is 5. The third kappa shape index (κ3) is 7.23. The van der Waals surface area contributed by atoms with Crippen LogP contribution in [0.2, 0.25) is 0 Å². The minimum Gasteiger partial charge on any atom is -0.382 e. The monoisotopic (exact) mass is 514 g/mol. The molecule has 2 aromatic heterocycles. The predicted octanol–water partition coefficient (Wildman–Crippen LogP) is 2.34. The Balaban J connectivity index is 0.00000300. The first-order valence-corrected chi connectivity index (χ1v) is 9.85. The molecular formula is C20H31IN6O2. The average Bonchev–Trinajstić information content (AvgIpc) is 3.41. The Kier molecular flexibility index (Phi) is 10.4. The van der Waals surface area contributed by atoms with Crippen LogP contribution in [-0.2, 0) is 16.0 Å². The van der Waals surface area contributed by atoms with Crippen LogP contribution in [0.5, 0.6) is 0 Å². The number of likely N-dealkylation sites (tertiary alicyclic amines) is 1. The van der Waals surface area contributed by atoms with Gasteiger partial charge in [-0.05, 0) is 37.1 Å². The van der Waals surface area contributed by atoms with Crippen LogP contribution in [0.25, 0.3) is 5.82 Å². The SMILES string of the molecule is CCNC(=NCc1ccnc(-n2cccn2)c1)N1CCC(COCCOC)C1.I. The van der Waals surface area contributed by atoms with E-state index in [1.165, 1.54) is 0 Å². The number of ether oxygens (including phenoxy) is 2. The van der Waals surface area contributed by atoms with Crippen molar-refractivity contribution >= 4 is 29.9 Å². The molecule has 0 saturated carbocycles. The number of aromatic nitrogens is 3. The first-order valence-electron chi connectivity index (χ1n) is 9.85. The van der Waals surface area contributed by atoms with Crippen molar-refractivity contribution in [1.29, 1.82) is 0 Å². The molecule has 160 valence electrons.